The lowest BCUT2D eigenvalue weighted by molar-refractivity contribution is -0.136. The number of benzene rings is 2. The minimum Gasteiger partial charge on any atom is -0.481 e. The normalized spacial score (nSPS) is 11.2. The van der Waals surface area contributed by atoms with Crippen molar-refractivity contribution in [3.63, 3.8) is 0 Å². The number of methoxy groups -OCH3 is 1. The fraction of sp³-hybridized carbons (Fsp3) is 0.269. The molecule has 4 rings (SSSR count). The van der Waals surface area contributed by atoms with Gasteiger partial charge in [-0.25, -0.2) is 4.98 Å². The van der Waals surface area contributed by atoms with Crippen molar-refractivity contribution >= 4 is 33.6 Å². The van der Waals surface area contributed by atoms with E-state index in [0.29, 0.717) is 17.8 Å². The second-order valence-corrected chi connectivity index (χ2v) is 8.12. The number of ether oxygens (including phenoxy) is 2. The summed E-state index contributed by atoms with van der Waals surface area (Å²) < 4.78 is 10.5. The van der Waals surface area contributed by atoms with Crippen LogP contribution in [0.15, 0.2) is 48.7 Å². The van der Waals surface area contributed by atoms with E-state index in [2.05, 4.69) is 29.0 Å². The zero-order valence-corrected chi connectivity index (χ0v) is 18.8. The van der Waals surface area contributed by atoms with Crippen LogP contribution in [-0.2, 0) is 28.8 Å². The predicted octanol–water partition coefficient (Wildman–Crippen LogP) is 4.46. The number of carboxylic acid groups (broad SMARTS) is 1. The van der Waals surface area contributed by atoms with Crippen LogP contribution < -0.4 is 10.5 Å². The Labute approximate surface area is 192 Å². The van der Waals surface area contributed by atoms with Crippen molar-refractivity contribution in [2.45, 2.75) is 32.6 Å². The molecule has 2 aromatic heterocycles. The average Bonchev–Trinajstić information content (AvgIpc) is 2.80. The van der Waals surface area contributed by atoms with Gasteiger partial charge in [-0.3, -0.25) is 9.78 Å². The van der Waals surface area contributed by atoms with E-state index < -0.39 is 5.97 Å². The van der Waals surface area contributed by atoms with E-state index in [1.54, 1.807) is 7.11 Å². The molecule has 2 heterocycles. The van der Waals surface area contributed by atoms with Crippen molar-refractivity contribution in [2.75, 3.05) is 19.6 Å². The number of carbonyl (C=O) groups is 1. The number of aromatic nitrogens is 2. The number of nitrogens with two attached hydrogens (primary N) is 1. The largest absolute Gasteiger partial charge is 0.481 e. The van der Waals surface area contributed by atoms with Crippen LogP contribution in [0.5, 0.6) is 5.75 Å². The van der Waals surface area contributed by atoms with E-state index in [-0.39, 0.29) is 13.2 Å². The number of aliphatic carboxylic acids is 1. The van der Waals surface area contributed by atoms with Crippen LogP contribution >= 0.6 is 0 Å². The molecule has 0 radical (unpaired) electrons. The lowest BCUT2D eigenvalue weighted by atomic mass is 9.99. The fourth-order valence-electron chi connectivity index (χ4n) is 3.99. The van der Waals surface area contributed by atoms with Crippen LogP contribution in [0.3, 0.4) is 0 Å². The van der Waals surface area contributed by atoms with Gasteiger partial charge >= 0.3 is 5.97 Å². The molecule has 4 aromatic rings. The first-order chi connectivity index (χ1) is 15.9. The first kappa shape index (κ1) is 22.5. The van der Waals surface area contributed by atoms with Gasteiger partial charge < -0.3 is 20.3 Å². The average molecular weight is 446 g/mol. The maximum atomic E-state index is 10.9. The van der Waals surface area contributed by atoms with Gasteiger partial charge in [-0.2, -0.15) is 0 Å². The lowest BCUT2D eigenvalue weighted by Gasteiger charge is -2.11. The first-order valence-electron chi connectivity index (χ1n) is 10.8. The highest BCUT2D eigenvalue weighted by atomic mass is 16.7. The maximum absolute atomic E-state index is 10.9. The molecule has 0 aliphatic carbocycles. The number of aryl methyl sites for hydroxylation is 4. The molecule has 0 unspecified atom stereocenters. The second kappa shape index (κ2) is 9.83. The molecule has 0 atom stereocenters. The molecule has 2 aromatic carbocycles. The van der Waals surface area contributed by atoms with E-state index >= 15 is 0 Å². The van der Waals surface area contributed by atoms with Crippen LogP contribution in [0.2, 0.25) is 0 Å². The Kier molecular flexibility index (Phi) is 6.70. The quantitative estimate of drug-likeness (QED) is 0.289. The summed E-state index contributed by atoms with van der Waals surface area (Å²) in [6.45, 7) is 2.31. The molecular formula is C26H27N3O4. The number of fused-ring (bicyclic) bond motifs is 3. The number of rotatable bonds is 9. The molecule has 33 heavy (non-hydrogen) atoms. The van der Waals surface area contributed by atoms with E-state index in [1.807, 2.05) is 36.5 Å². The van der Waals surface area contributed by atoms with Crippen molar-refractivity contribution in [1.82, 2.24) is 9.97 Å². The van der Waals surface area contributed by atoms with Crippen molar-refractivity contribution in [3.8, 4) is 5.75 Å². The van der Waals surface area contributed by atoms with Gasteiger partial charge in [0.1, 0.15) is 11.3 Å². The van der Waals surface area contributed by atoms with Crippen LogP contribution in [-0.4, -0.2) is 34.9 Å². The van der Waals surface area contributed by atoms with Crippen molar-refractivity contribution in [2.24, 2.45) is 0 Å². The molecule has 0 saturated heterocycles. The number of nitrogen functional groups attached to an aromatic ring is 1. The summed E-state index contributed by atoms with van der Waals surface area (Å²) in [5.41, 5.74) is 12.1. The molecule has 170 valence electrons. The van der Waals surface area contributed by atoms with Crippen molar-refractivity contribution in [3.05, 3.63) is 70.9 Å². The number of hydrogen-bond acceptors (Lipinski definition) is 6. The summed E-state index contributed by atoms with van der Waals surface area (Å²) in [7, 11) is 1.60. The van der Waals surface area contributed by atoms with E-state index in [9.17, 15) is 4.79 Å². The van der Waals surface area contributed by atoms with Gasteiger partial charge in [0, 0.05) is 30.5 Å². The van der Waals surface area contributed by atoms with Crippen LogP contribution in [0.1, 0.15) is 28.7 Å². The minimum absolute atomic E-state index is 0.0825. The minimum atomic E-state index is -0.817. The monoisotopic (exact) mass is 445 g/mol. The molecule has 7 heteroatoms. The van der Waals surface area contributed by atoms with Crippen LogP contribution in [0.4, 0.5) is 5.82 Å². The Hall–Kier alpha value is -3.71. The summed E-state index contributed by atoms with van der Waals surface area (Å²) in [5.74, 6) is 0.354. The maximum Gasteiger partial charge on any atom is 0.303 e. The summed E-state index contributed by atoms with van der Waals surface area (Å²) in [6.07, 6.45) is 4.11. The summed E-state index contributed by atoms with van der Waals surface area (Å²) in [4.78, 5) is 20.0. The van der Waals surface area contributed by atoms with Gasteiger partial charge in [-0.05, 0) is 72.7 Å². The number of carboxylic acids is 1. The third kappa shape index (κ3) is 5.21. The van der Waals surface area contributed by atoms with E-state index in [4.69, 9.17) is 20.3 Å². The Morgan fingerprint density at radius 3 is 2.64 bits per heavy atom. The van der Waals surface area contributed by atoms with Gasteiger partial charge in [0.05, 0.1) is 5.52 Å². The molecule has 0 spiro atoms. The number of hydrogen-bond donors (Lipinski definition) is 2. The third-order valence-corrected chi connectivity index (χ3v) is 5.75. The van der Waals surface area contributed by atoms with Gasteiger partial charge in [-0.1, -0.05) is 18.2 Å². The Morgan fingerprint density at radius 2 is 1.88 bits per heavy atom. The topological polar surface area (TPSA) is 108 Å². The smallest absolute Gasteiger partial charge is 0.303 e. The predicted molar refractivity (Wildman–Crippen MR) is 129 cm³/mol. The zero-order chi connectivity index (χ0) is 23.4. The third-order valence-electron chi connectivity index (χ3n) is 5.75. The summed E-state index contributed by atoms with van der Waals surface area (Å²) >= 11 is 0. The highest BCUT2D eigenvalue weighted by Crippen LogP contribution is 2.29. The highest BCUT2D eigenvalue weighted by molar-refractivity contribution is 6.08. The SMILES string of the molecule is COCOc1ccc(CCc2cnc3c(N)nc4cc(CCC(=O)O)ccc4c3c2)c(C)c1. The van der Waals surface area contributed by atoms with Crippen molar-refractivity contribution in [1.29, 1.82) is 0 Å². The zero-order valence-electron chi connectivity index (χ0n) is 18.8. The molecule has 0 fully saturated rings. The summed E-state index contributed by atoms with van der Waals surface area (Å²) in [5, 5.41) is 10.9. The number of pyridine rings is 2. The Morgan fingerprint density at radius 1 is 1.03 bits per heavy atom. The molecule has 0 bridgehead atoms. The molecular weight excluding hydrogens is 418 g/mol. The Bertz CT molecular complexity index is 1320. The molecule has 7 nitrogen and oxygen atoms in total. The van der Waals surface area contributed by atoms with Gasteiger partial charge in [0.15, 0.2) is 12.6 Å². The first-order valence-corrected chi connectivity index (χ1v) is 10.8. The molecule has 0 aliphatic heterocycles. The van der Waals surface area contributed by atoms with E-state index in [1.165, 1.54) is 11.1 Å². The van der Waals surface area contributed by atoms with E-state index in [0.717, 1.165) is 46.0 Å². The van der Waals surface area contributed by atoms with Gasteiger partial charge in [0.25, 0.3) is 0 Å². The second-order valence-electron chi connectivity index (χ2n) is 8.12. The highest BCUT2D eigenvalue weighted by Gasteiger charge is 2.11. The van der Waals surface area contributed by atoms with Crippen molar-refractivity contribution < 1.29 is 19.4 Å². The Balaban J connectivity index is 1.59. The van der Waals surface area contributed by atoms with Crippen LogP contribution in [0.25, 0.3) is 21.8 Å². The van der Waals surface area contributed by atoms with Gasteiger partial charge in [0.2, 0.25) is 0 Å². The summed E-state index contributed by atoms with van der Waals surface area (Å²) in [6, 6.07) is 14.0. The molecule has 0 saturated carbocycles. The molecule has 3 N–H and O–H groups in total. The van der Waals surface area contributed by atoms with Crippen LogP contribution in [0, 0.1) is 6.92 Å². The molecule has 0 amide bonds. The number of anilines is 1. The lowest BCUT2D eigenvalue weighted by Crippen LogP contribution is -2.01. The van der Waals surface area contributed by atoms with Gasteiger partial charge in [-0.15, -0.1) is 0 Å². The molecule has 0 aliphatic rings. The fourth-order valence-corrected chi connectivity index (χ4v) is 3.99. The standard InChI is InChI=1S/C26H27N3O4/c1-16-11-20(33-15-32-2)8-7-19(16)6-3-18-12-22-21-9-4-17(5-10-24(30)31)13-23(21)29-26(27)25(22)28-14-18/h4,7-9,11-14H,3,5-6,10,15H2,1-2H3,(H2,27,29)(H,30,31). The number of nitrogens with zero attached hydrogens (tertiary/aromatic N) is 2.